The highest BCUT2D eigenvalue weighted by atomic mass is 16.2. The first-order valence-electron chi connectivity index (χ1n) is 11.7. The van der Waals surface area contributed by atoms with Gasteiger partial charge in [0.25, 0.3) is 0 Å². The molecule has 2 heterocycles. The molecule has 8 nitrogen and oxygen atoms in total. The minimum Gasteiger partial charge on any atom is -0.368 e. The van der Waals surface area contributed by atoms with E-state index >= 15 is 0 Å². The monoisotopic (exact) mass is 440 g/mol. The van der Waals surface area contributed by atoms with Crippen LogP contribution in [0.5, 0.6) is 0 Å². The summed E-state index contributed by atoms with van der Waals surface area (Å²) in [4.78, 5) is 35.0. The van der Waals surface area contributed by atoms with Gasteiger partial charge in [-0.3, -0.25) is 9.79 Å². The Morgan fingerprint density at radius 1 is 1.19 bits per heavy atom. The molecule has 4 rings (SSSR count). The van der Waals surface area contributed by atoms with Crippen molar-refractivity contribution in [3.8, 4) is 0 Å². The predicted octanol–water partition coefficient (Wildman–Crippen LogP) is 1.36. The number of fused-ring (bicyclic) bond motifs is 2. The Bertz CT molecular complexity index is 831. The van der Waals surface area contributed by atoms with E-state index in [0.29, 0.717) is 12.0 Å². The molecule has 0 aromatic heterocycles. The molecule has 4 atom stereocenters. The topological polar surface area (TPSA) is 80.3 Å². The average molecular weight is 441 g/mol. The van der Waals surface area contributed by atoms with E-state index in [9.17, 15) is 9.59 Å². The number of nitrogens with zero attached hydrogens (tertiary/aromatic N) is 4. The van der Waals surface area contributed by atoms with Gasteiger partial charge in [-0.1, -0.05) is 12.1 Å². The number of hydrogen-bond acceptors (Lipinski definition) is 5. The highest BCUT2D eigenvalue weighted by Gasteiger charge is 2.42. The van der Waals surface area contributed by atoms with Crippen molar-refractivity contribution in [2.75, 3.05) is 52.2 Å². The van der Waals surface area contributed by atoms with Gasteiger partial charge in [0.15, 0.2) is 0 Å². The zero-order valence-electron chi connectivity index (χ0n) is 19.5. The fraction of sp³-hybridized carbons (Fsp3) is 0.625. The van der Waals surface area contributed by atoms with Gasteiger partial charge in [0.1, 0.15) is 0 Å². The fourth-order valence-corrected chi connectivity index (χ4v) is 5.28. The van der Waals surface area contributed by atoms with Crippen LogP contribution in [-0.4, -0.2) is 93.4 Å². The lowest BCUT2D eigenvalue weighted by atomic mass is 9.98. The summed E-state index contributed by atoms with van der Waals surface area (Å²) in [5.74, 6) is 0.579. The summed E-state index contributed by atoms with van der Waals surface area (Å²) in [5.41, 5.74) is 2.34. The number of piperazine rings is 1. The van der Waals surface area contributed by atoms with E-state index in [-0.39, 0.29) is 24.0 Å². The van der Waals surface area contributed by atoms with Crippen molar-refractivity contribution in [3.63, 3.8) is 0 Å². The third-order valence-electron chi connectivity index (χ3n) is 6.99. The normalized spacial score (nSPS) is 25.9. The average Bonchev–Trinajstić information content (AvgIpc) is 3.43. The lowest BCUT2D eigenvalue weighted by Gasteiger charge is -2.37. The zero-order valence-corrected chi connectivity index (χ0v) is 19.5. The first-order valence-corrected chi connectivity index (χ1v) is 11.7. The molecule has 2 aliphatic heterocycles. The molecule has 8 heteroatoms. The maximum absolute atomic E-state index is 12.8. The lowest BCUT2D eigenvalue weighted by Crippen LogP contribution is -2.51. The summed E-state index contributed by atoms with van der Waals surface area (Å²) >= 11 is 0. The zero-order chi connectivity index (χ0) is 22.7. The van der Waals surface area contributed by atoms with Crippen LogP contribution in [0.4, 0.5) is 10.5 Å². The van der Waals surface area contributed by atoms with Gasteiger partial charge < -0.3 is 25.3 Å². The predicted molar refractivity (Wildman–Crippen MR) is 127 cm³/mol. The number of aliphatic imine (C=N–C) groups is 1. The van der Waals surface area contributed by atoms with Crippen LogP contribution >= 0.6 is 0 Å². The highest BCUT2D eigenvalue weighted by molar-refractivity contribution is 5.86. The van der Waals surface area contributed by atoms with Crippen LogP contribution in [0.15, 0.2) is 29.3 Å². The first kappa shape index (κ1) is 22.6. The molecule has 0 spiro atoms. The van der Waals surface area contributed by atoms with Crippen LogP contribution in [0.25, 0.3) is 0 Å². The third kappa shape index (κ3) is 5.06. The van der Waals surface area contributed by atoms with Gasteiger partial charge in [0, 0.05) is 65.3 Å². The number of benzene rings is 1. The molecule has 2 saturated heterocycles. The van der Waals surface area contributed by atoms with Gasteiger partial charge in [0.2, 0.25) is 5.91 Å². The van der Waals surface area contributed by atoms with Crippen molar-refractivity contribution < 1.29 is 9.59 Å². The first-order chi connectivity index (χ1) is 15.4. The number of rotatable bonds is 6. The van der Waals surface area contributed by atoms with Crippen LogP contribution < -0.4 is 15.5 Å². The van der Waals surface area contributed by atoms with Crippen molar-refractivity contribution >= 4 is 23.8 Å². The van der Waals surface area contributed by atoms with Crippen LogP contribution in [0.2, 0.25) is 0 Å². The molecule has 3 aliphatic rings. The molecule has 1 aromatic rings. The maximum atomic E-state index is 12.8. The molecule has 32 heavy (non-hydrogen) atoms. The van der Waals surface area contributed by atoms with Crippen molar-refractivity contribution in [2.45, 2.75) is 43.8 Å². The number of piperidine rings is 1. The van der Waals surface area contributed by atoms with Gasteiger partial charge in [0.05, 0.1) is 12.1 Å². The number of carbonyl (C=O) groups excluding carboxylic acids is 2. The lowest BCUT2D eigenvalue weighted by molar-refractivity contribution is -0.124. The molecule has 2 N–H and O–H groups in total. The summed E-state index contributed by atoms with van der Waals surface area (Å²) in [6.07, 6.45) is 6.03. The van der Waals surface area contributed by atoms with Crippen molar-refractivity contribution in [2.24, 2.45) is 10.9 Å². The number of nitrogens with one attached hydrogen (secondary N) is 2. The SMILES string of the molecule is C/N=C/[C@H](Cc1ccc(N2CCN(C(=O)N(C)C)CC2)cc1)NC(=O)[C@H]1N[C@@H]2CC[C@H]1C2. The van der Waals surface area contributed by atoms with Gasteiger partial charge >= 0.3 is 6.03 Å². The Hall–Kier alpha value is -2.61. The van der Waals surface area contributed by atoms with Gasteiger partial charge in [-0.25, -0.2) is 4.79 Å². The van der Waals surface area contributed by atoms with E-state index in [4.69, 9.17) is 0 Å². The molecule has 1 saturated carbocycles. The number of urea groups is 1. The van der Waals surface area contributed by atoms with Gasteiger partial charge in [-0.15, -0.1) is 0 Å². The number of carbonyl (C=O) groups is 2. The molecule has 3 amide bonds. The summed E-state index contributed by atoms with van der Waals surface area (Å²) in [5, 5.41) is 6.67. The molecule has 0 radical (unpaired) electrons. The fourth-order valence-electron chi connectivity index (χ4n) is 5.28. The van der Waals surface area contributed by atoms with Crippen LogP contribution in [-0.2, 0) is 11.2 Å². The third-order valence-corrected chi connectivity index (χ3v) is 6.99. The number of hydrogen-bond donors (Lipinski definition) is 2. The Morgan fingerprint density at radius 2 is 1.91 bits per heavy atom. The second-order valence-electron chi connectivity index (χ2n) is 9.46. The van der Waals surface area contributed by atoms with E-state index in [1.165, 1.54) is 17.7 Å². The largest absolute Gasteiger partial charge is 0.368 e. The maximum Gasteiger partial charge on any atom is 0.319 e. The Balaban J connectivity index is 1.31. The summed E-state index contributed by atoms with van der Waals surface area (Å²) in [6, 6.07) is 8.96. The molecular weight excluding hydrogens is 404 g/mol. The molecule has 174 valence electrons. The van der Waals surface area contributed by atoms with Crippen LogP contribution in [0, 0.1) is 5.92 Å². The standard InChI is InChI=1S/C24H36N6O2/c1-25-16-20(27-23(31)22-18-6-7-19(15-18)26-22)14-17-4-8-21(9-5-17)29-10-12-30(13-11-29)24(32)28(2)3/h4-5,8-9,16,18-20,22,26H,6-7,10-15H2,1-3H3,(H,27,31)/b25-16+/t18-,19+,20-,22-/m0/s1. The Morgan fingerprint density at radius 3 is 2.47 bits per heavy atom. The highest BCUT2D eigenvalue weighted by Crippen LogP contribution is 2.35. The minimum absolute atomic E-state index is 0.0538. The summed E-state index contributed by atoms with van der Waals surface area (Å²) in [6.45, 7) is 3.13. The Labute approximate surface area is 191 Å². The van der Waals surface area contributed by atoms with E-state index in [1.54, 1.807) is 26.0 Å². The summed E-state index contributed by atoms with van der Waals surface area (Å²) < 4.78 is 0. The molecule has 1 aliphatic carbocycles. The molecule has 2 bridgehead atoms. The van der Waals surface area contributed by atoms with Crippen molar-refractivity contribution in [3.05, 3.63) is 29.8 Å². The van der Waals surface area contributed by atoms with E-state index in [0.717, 1.165) is 45.4 Å². The van der Waals surface area contributed by atoms with Gasteiger partial charge in [-0.2, -0.15) is 0 Å². The number of anilines is 1. The smallest absolute Gasteiger partial charge is 0.319 e. The van der Waals surface area contributed by atoms with E-state index in [2.05, 4.69) is 44.8 Å². The minimum atomic E-state index is -0.111. The second kappa shape index (κ2) is 9.90. The quantitative estimate of drug-likeness (QED) is 0.655. The van der Waals surface area contributed by atoms with Crippen LogP contribution in [0.1, 0.15) is 24.8 Å². The Kier molecular flexibility index (Phi) is 6.98. The van der Waals surface area contributed by atoms with E-state index in [1.807, 2.05) is 11.1 Å². The van der Waals surface area contributed by atoms with E-state index < -0.39 is 0 Å². The van der Waals surface area contributed by atoms with Crippen molar-refractivity contribution in [1.29, 1.82) is 0 Å². The van der Waals surface area contributed by atoms with Crippen molar-refractivity contribution in [1.82, 2.24) is 20.4 Å². The molecule has 0 unspecified atom stereocenters. The second-order valence-corrected chi connectivity index (χ2v) is 9.46. The van der Waals surface area contributed by atoms with Gasteiger partial charge in [-0.05, 0) is 49.3 Å². The molecular formula is C24H36N6O2. The summed E-state index contributed by atoms with van der Waals surface area (Å²) in [7, 11) is 5.33. The van der Waals surface area contributed by atoms with Crippen LogP contribution in [0.3, 0.4) is 0 Å². The molecule has 1 aromatic carbocycles. The molecule has 3 fully saturated rings. The number of amides is 3.